The van der Waals surface area contributed by atoms with E-state index in [0.717, 1.165) is 11.8 Å². The number of nitrogens with zero attached hydrogens (tertiary/aromatic N) is 3. The topological polar surface area (TPSA) is 141 Å². The number of amides is 1. The van der Waals surface area contributed by atoms with Crippen molar-refractivity contribution in [2.24, 2.45) is 11.5 Å². The first-order chi connectivity index (χ1) is 16.6. The van der Waals surface area contributed by atoms with Gasteiger partial charge in [0, 0.05) is 24.7 Å². The van der Waals surface area contributed by atoms with Crippen LogP contribution in [0.15, 0.2) is 54.5 Å². The van der Waals surface area contributed by atoms with Crippen molar-refractivity contribution in [2.75, 3.05) is 13.2 Å². The number of alkyl halides is 3. The molecule has 2 aromatic heterocycles. The van der Waals surface area contributed by atoms with Crippen molar-refractivity contribution in [1.82, 2.24) is 19.9 Å². The number of nitrogens with two attached hydrogens (primary N) is 2. The highest BCUT2D eigenvalue weighted by atomic mass is 19.4. The zero-order chi connectivity index (χ0) is 26.0. The number of benzene rings is 1. The molecule has 1 aromatic carbocycles. The Balaban J connectivity index is 0.000000410. The van der Waals surface area contributed by atoms with Crippen molar-refractivity contribution in [3.63, 3.8) is 0 Å². The standard InChI is InChI=1S/C18H18F3N3O2.C5H9N3O/c1-11-12(2)24-17(22-11)16(26-9-5-8-25)10-15(23-24)13-6-3-4-7-14(13)18(19,20)21;6-3-1-2-5(7)8-4-9/h3-4,6-7,10,25H,5,8-9H2,1-2H3;1-4H,6-7H2,(H,8,9)/b;3-1-,5-2+. The summed E-state index contributed by atoms with van der Waals surface area (Å²) in [7, 11) is 0. The van der Waals surface area contributed by atoms with Gasteiger partial charge in [-0.2, -0.15) is 18.3 Å². The molecule has 0 spiro atoms. The molecule has 0 atom stereocenters. The van der Waals surface area contributed by atoms with Gasteiger partial charge in [-0.3, -0.25) is 4.79 Å². The number of hydrogen-bond donors (Lipinski definition) is 4. The number of carbonyl (C=O) groups excluding carboxylic acids is 1. The molecule has 9 nitrogen and oxygen atoms in total. The summed E-state index contributed by atoms with van der Waals surface area (Å²) in [6, 6.07) is 6.75. The van der Waals surface area contributed by atoms with Gasteiger partial charge in [-0.05, 0) is 38.3 Å². The minimum Gasteiger partial charge on any atom is -0.489 e. The Morgan fingerprint density at radius 2 is 2.00 bits per heavy atom. The highest BCUT2D eigenvalue weighted by molar-refractivity contribution is 5.69. The fourth-order valence-corrected chi connectivity index (χ4v) is 2.92. The smallest absolute Gasteiger partial charge is 0.417 e. The lowest BCUT2D eigenvalue weighted by Crippen LogP contribution is -2.17. The van der Waals surface area contributed by atoms with Gasteiger partial charge in [0.05, 0.1) is 29.3 Å². The number of carbonyl (C=O) groups is 1. The second-order valence-electron chi connectivity index (χ2n) is 7.15. The van der Waals surface area contributed by atoms with Crippen LogP contribution < -0.4 is 21.5 Å². The zero-order valence-electron chi connectivity index (χ0n) is 19.2. The number of imidazole rings is 1. The third-order valence-corrected chi connectivity index (χ3v) is 4.69. The summed E-state index contributed by atoms with van der Waals surface area (Å²) in [5.74, 6) is 0.600. The highest BCUT2D eigenvalue weighted by Crippen LogP contribution is 2.37. The first-order valence-corrected chi connectivity index (χ1v) is 10.5. The average Bonchev–Trinajstić information content (AvgIpc) is 3.11. The lowest BCUT2D eigenvalue weighted by atomic mass is 10.0. The van der Waals surface area contributed by atoms with Crippen LogP contribution >= 0.6 is 0 Å². The second kappa shape index (κ2) is 12.4. The van der Waals surface area contributed by atoms with Gasteiger partial charge >= 0.3 is 6.18 Å². The van der Waals surface area contributed by atoms with Gasteiger partial charge < -0.3 is 26.6 Å². The van der Waals surface area contributed by atoms with Gasteiger partial charge in [0.2, 0.25) is 6.41 Å². The number of aliphatic hydroxyl groups excluding tert-OH is 1. The van der Waals surface area contributed by atoms with E-state index in [4.69, 9.17) is 21.3 Å². The third kappa shape index (κ3) is 7.21. The van der Waals surface area contributed by atoms with Crippen molar-refractivity contribution < 1.29 is 27.8 Å². The molecule has 0 aliphatic heterocycles. The normalized spacial score (nSPS) is 11.9. The van der Waals surface area contributed by atoms with E-state index in [2.05, 4.69) is 15.4 Å². The Labute approximate surface area is 199 Å². The van der Waals surface area contributed by atoms with Crippen LogP contribution in [-0.2, 0) is 11.0 Å². The number of nitrogens with one attached hydrogen (secondary N) is 1. The van der Waals surface area contributed by atoms with Gasteiger partial charge in [-0.15, -0.1) is 0 Å². The molecule has 3 rings (SSSR count). The maximum atomic E-state index is 13.4. The molecule has 0 bridgehead atoms. The van der Waals surface area contributed by atoms with E-state index in [1.54, 1.807) is 13.8 Å². The predicted molar refractivity (Wildman–Crippen MR) is 125 cm³/mol. The number of halogens is 3. The Morgan fingerprint density at radius 3 is 2.63 bits per heavy atom. The molecule has 1 amide bonds. The maximum Gasteiger partial charge on any atom is 0.417 e. The minimum absolute atomic E-state index is 0.0281. The van der Waals surface area contributed by atoms with Gasteiger partial charge in [0.25, 0.3) is 0 Å². The maximum absolute atomic E-state index is 13.4. The number of aliphatic hydroxyl groups is 1. The van der Waals surface area contributed by atoms with E-state index in [0.29, 0.717) is 29.9 Å². The van der Waals surface area contributed by atoms with Crippen LogP contribution in [0.25, 0.3) is 16.9 Å². The fourth-order valence-electron chi connectivity index (χ4n) is 2.92. The van der Waals surface area contributed by atoms with Crippen molar-refractivity contribution >= 4 is 12.1 Å². The van der Waals surface area contributed by atoms with E-state index < -0.39 is 11.7 Å². The van der Waals surface area contributed by atoms with Gasteiger partial charge in [-0.1, -0.05) is 18.2 Å². The summed E-state index contributed by atoms with van der Waals surface area (Å²) in [4.78, 5) is 14.1. The molecule has 0 aliphatic carbocycles. The minimum atomic E-state index is -4.50. The highest BCUT2D eigenvalue weighted by Gasteiger charge is 2.34. The molecule has 6 N–H and O–H groups in total. The Bertz CT molecular complexity index is 1210. The molecule has 35 heavy (non-hydrogen) atoms. The van der Waals surface area contributed by atoms with Crippen molar-refractivity contribution in [3.05, 3.63) is 71.5 Å². The van der Waals surface area contributed by atoms with Crippen molar-refractivity contribution in [1.29, 1.82) is 0 Å². The SMILES string of the molecule is Cc1nc2c(OCCCO)cc(-c3ccccc3C(F)(F)F)nn2c1C.N/C=C\C=C(/N)NC=O. The van der Waals surface area contributed by atoms with E-state index in [1.165, 1.54) is 47.1 Å². The summed E-state index contributed by atoms with van der Waals surface area (Å²) in [6.45, 7) is 3.77. The summed E-state index contributed by atoms with van der Waals surface area (Å²) in [5, 5.41) is 15.5. The van der Waals surface area contributed by atoms with E-state index in [9.17, 15) is 18.0 Å². The van der Waals surface area contributed by atoms with Gasteiger partial charge in [-0.25, -0.2) is 9.50 Å². The van der Waals surface area contributed by atoms with Crippen LogP contribution in [0.1, 0.15) is 23.4 Å². The van der Waals surface area contributed by atoms with Crippen molar-refractivity contribution in [2.45, 2.75) is 26.4 Å². The zero-order valence-corrected chi connectivity index (χ0v) is 19.2. The van der Waals surface area contributed by atoms with Crippen LogP contribution in [0, 0.1) is 13.8 Å². The van der Waals surface area contributed by atoms with E-state index in [1.807, 2.05) is 0 Å². The number of allylic oxidation sites excluding steroid dienone is 2. The lowest BCUT2D eigenvalue weighted by Gasteiger charge is -2.14. The van der Waals surface area contributed by atoms with Crippen molar-refractivity contribution in [3.8, 4) is 17.0 Å². The largest absolute Gasteiger partial charge is 0.489 e. The van der Waals surface area contributed by atoms with Gasteiger partial charge in [0.1, 0.15) is 5.82 Å². The molecule has 0 fully saturated rings. The molecule has 0 saturated heterocycles. The monoisotopic (exact) mass is 492 g/mol. The lowest BCUT2D eigenvalue weighted by molar-refractivity contribution is -0.137. The van der Waals surface area contributed by atoms with Crippen LogP contribution in [-0.4, -0.2) is 39.3 Å². The van der Waals surface area contributed by atoms with Crippen LogP contribution in [0.2, 0.25) is 0 Å². The summed E-state index contributed by atoms with van der Waals surface area (Å²) in [6.07, 6.45) is 0.725. The Morgan fingerprint density at radius 1 is 1.29 bits per heavy atom. The summed E-state index contributed by atoms with van der Waals surface area (Å²) >= 11 is 0. The fraction of sp³-hybridized carbons (Fsp3) is 0.261. The summed E-state index contributed by atoms with van der Waals surface area (Å²) < 4.78 is 47.3. The molecule has 2 heterocycles. The second-order valence-corrected chi connectivity index (χ2v) is 7.15. The molecule has 0 radical (unpaired) electrons. The molecule has 3 aromatic rings. The first kappa shape index (κ1) is 27.2. The van der Waals surface area contributed by atoms with E-state index >= 15 is 0 Å². The van der Waals surface area contributed by atoms with Crippen LogP contribution in [0.5, 0.6) is 5.75 Å². The average molecular weight is 493 g/mol. The number of aromatic nitrogens is 3. The van der Waals surface area contributed by atoms with E-state index in [-0.39, 0.29) is 30.3 Å². The number of ether oxygens (including phenoxy) is 1. The molecule has 0 aliphatic rings. The molecule has 12 heteroatoms. The quantitative estimate of drug-likeness (QED) is 0.215. The van der Waals surface area contributed by atoms with Crippen LogP contribution in [0.4, 0.5) is 13.2 Å². The predicted octanol–water partition coefficient (Wildman–Crippen LogP) is 2.80. The van der Waals surface area contributed by atoms with Crippen LogP contribution in [0.3, 0.4) is 0 Å². The first-order valence-electron chi connectivity index (χ1n) is 10.5. The molecular weight excluding hydrogens is 465 g/mol. The van der Waals surface area contributed by atoms with Gasteiger partial charge in [0.15, 0.2) is 11.4 Å². The Kier molecular flexibility index (Phi) is 9.64. The number of rotatable bonds is 8. The molecular formula is C23H27F3N6O3. The third-order valence-electron chi connectivity index (χ3n) is 4.69. The summed E-state index contributed by atoms with van der Waals surface area (Å²) in [5.41, 5.74) is 11.4. The molecule has 0 saturated carbocycles. The molecule has 188 valence electrons. The Hall–Kier alpha value is -4.06. The number of fused-ring (bicyclic) bond motifs is 1. The number of aryl methyl sites for hydroxylation is 2. The molecule has 0 unspecified atom stereocenters. The number of hydrogen-bond acceptors (Lipinski definition) is 7.